The highest BCUT2D eigenvalue weighted by Gasteiger charge is 2.21. The summed E-state index contributed by atoms with van der Waals surface area (Å²) in [5, 5.41) is 24.0. The van der Waals surface area contributed by atoms with Crippen LogP contribution >= 0.6 is 23.1 Å². The lowest BCUT2D eigenvalue weighted by atomic mass is 10.2. The van der Waals surface area contributed by atoms with Gasteiger partial charge in [0.1, 0.15) is 5.60 Å². The zero-order valence-electron chi connectivity index (χ0n) is 16.6. The minimum Gasteiger partial charge on any atom is -0.476 e. The third kappa shape index (κ3) is 5.16. The normalized spacial score (nSPS) is 11.5. The molecule has 3 N–H and O–H groups in total. The fraction of sp³-hybridized carbons (Fsp3) is 0.389. The predicted octanol–water partition coefficient (Wildman–Crippen LogP) is 3.38. The van der Waals surface area contributed by atoms with Crippen LogP contribution in [0.1, 0.15) is 36.1 Å². The highest BCUT2D eigenvalue weighted by atomic mass is 35.5. The van der Waals surface area contributed by atoms with Gasteiger partial charge in [-0.1, -0.05) is 16.1 Å². The number of ether oxygens (including phenoxy) is 1. The number of nitrogens with zero attached hydrogens (tertiary/aromatic N) is 4. The molecule has 0 fully saturated rings. The number of hydrogen-bond acceptors (Lipinski definition) is 8. The molecule has 0 aliphatic rings. The van der Waals surface area contributed by atoms with E-state index in [1.54, 1.807) is 39.1 Å². The van der Waals surface area contributed by atoms with Crippen molar-refractivity contribution in [2.75, 3.05) is 11.9 Å². The molecule has 160 valence electrons. The van der Waals surface area contributed by atoms with Gasteiger partial charge in [-0.25, -0.2) is 9.59 Å². The average molecular weight is 453 g/mol. The predicted molar refractivity (Wildman–Crippen MR) is 113 cm³/mol. The molecule has 0 spiro atoms. The maximum Gasteiger partial charge on any atom is 0.407 e. The molecule has 1 amide bonds. The number of hydrogen-bond donors (Lipinski definition) is 3. The van der Waals surface area contributed by atoms with Crippen molar-refractivity contribution in [1.29, 1.82) is 0 Å². The van der Waals surface area contributed by atoms with Gasteiger partial charge in [-0.3, -0.25) is 4.68 Å². The van der Waals surface area contributed by atoms with Crippen molar-refractivity contribution in [3.63, 3.8) is 0 Å². The Labute approximate surface area is 181 Å². The van der Waals surface area contributed by atoms with E-state index in [1.807, 2.05) is 0 Å². The molecule has 0 atom stereocenters. The summed E-state index contributed by atoms with van der Waals surface area (Å²) in [6.07, 6.45) is 1.09. The van der Waals surface area contributed by atoms with E-state index in [0.717, 1.165) is 4.88 Å². The fourth-order valence-corrected chi connectivity index (χ4v) is 3.47. The molecule has 3 rings (SSSR count). The number of aromatic carboxylic acids is 1. The Bertz CT molecular complexity index is 1060. The highest BCUT2D eigenvalue weighted by molar-refractivity contribution is 7.05. The first-order valence-corrected chi connectivity index (χ1v) is 10.2. The van der Waals surface area contributed by atoms with Gasteiger partial charge < -0.3 is 20.5 Å². The number of fused-ring (bicyclic) bond motifs is 1. The molecule has 12 heteroatoms. The zero-order chi connectivity index (χ0) is 21.9. The largest absolute Gasteiger partial charge is 0.476 e. The first-order valence-electron chi connectivity index (χ1n) is 9.05. The van der Waals surface area contributed by atoms with Gasteiger partial charge in [0, 0.05) is 11.9 Å². The van der Waals surface area contributed by atoms with Gasteiger partial charge in [0.05, 0.1) is 40.4 Å². The van der Waals surface area contributed by atoms with Gasteiger partial charge in [-0.05, 0) is 44.4 Å². The SMILES string of the molecule is CC(C)(C)OC(=O)NCCn1nc(C(=O)O)c2ccc(NCc3cnns3)c(Cl)c21. The smallest absolute Gasteiger partial charge is 0.407 e. The van der Waals surface area contributed by atoms with Gasteiger partial charge in [0.2, 0.25) is 0 Å². The first kappa shape index (κ1) is 21.8. The van der Waals surface area contributed by atoms with Crippen LogP contribution in [0.2, 0.25) is 5.02 Å². The number of carboxylic acid groups (broad SMARTS) is 1. The molecule has 0 saturated carbocycles. The van der Waals surface area contributed by atoms with Crippen molar-refractivity contribution >= 4 is 51.8 Å². The summed E-state index contributed by atoms with van der Waals surface area (Å²) in [7, 11) is 0. The number of carbonyl (C=O) groups excluding carboxylic acids is 1. The third-order valence-electron chi connectivity index (χ3n) is 3.90. The lowest BCUT2D eigenvalue weighted by Crippen LogP contribution is -2.34. The Morgan fingerprint density at radius 2 is 2.10 bits per heavy atom. The number of halogens is 1. The second kappa shape index (κ2) is 8.84. The van der Waals surface area contributed by atoms with Gasteiger partial charge in [0.15, 0.2) is 5.69 Å². The number of rotatable bonds is 7. The molecule has 0 aliphatic heterocycles. The number of nitrogens with one attached hydrogen (secondary N) is 2. The fourth-order valence-electron chi connectivity index (χ4n) is 2.71. The van der Waals surface area contributed by atoms with Crippen LogP contribution in [-0.2, 0) is 17.8 Å². The first-order chi connectivity index (χ1) is 14.2. The van der Waals surface area contributed by atoms with Gasteiger partial charge in [-0.2, -0.15) is 5.10 Å². The summed E-state index contributed by atoms with van der Waals surface area (Å²) in [4.78, 5) is 24.4. The van der Waals surface area contributed by atoms with Crippen molar-refractivity contribution in [2.24, 2.45) is 0 Å². The molecule has 2 aromatic heterocycles. The van der Waals surface area contributed by atoms with E-state index in [-0.39, 0.29) is 18.8 Å². The standard InChI is InChI=1S/C18H21ClN6O4S/c1-18(2,3)29-17(28)20-6-7-25-15-11(14(23-25)16(26)27)4-5-12(13(15)19)21-8-10-9-22-24-30-10/h4-5,9,21H,6-8H2,1-3H3,(H,20,28)(H,26,27). The number of alkyl carbamates (subject to hydrolysis) is 1. The Balaban J connectivity index is 1.82. The van der Waals surface area contributed by atoms with Crippen LogP contribution in [0.25, 0.3) is 10.9 Å². The Kier molecular flexibility index (Phi) is 6.42. The number of carboxylic acids is 1. The van der Waals surface area contributed by atoms with Crippen molar-refractivity contribution in [3.8, 4) is 0 Å². The lowest BCUT2D eigenvalue weighted by molar-refractivity contribution is 0.0524. The number of amides is 1. The molecule has 3 aromatic rings. The van der Waals surface area contributed by atoms with Crippen LogP contribution in [0.3, 0.4) is 0 Å². The van der Waals surface area contributed by atoms with Gasteiger partial charge >= 0.3 is 12.1 Å². The molecule has 0 aliphatic carbocycles. The molecule has 2 heterocycles. The van der Waals surface area contributed by atoms with E-state index < -0.39 is 17.7 Å². The van der Waals surface area contributed by atoms with Crippen LogP contribution in [0.5, 0.6) is 0 Å². The number of aromatic nitrogens is 4. The summed E-state index contributed by atoms with van der Waals surface area (Å²) in [5.41, 5.74) is 0.363. The minimum absolute atomic E-state index is 0.109. The molecule has 0 unspecified atom stereocenters. The Morgan fingerprint density at radius 1 is 1.33 bits per heavy atom. The molecule has 1 aromatic carbocycles. The molecular formula is C18H21ClN6O4S. The van der Waals surface area contributed by atoms with Crippen molar-refractivity contribution in [2.45, 2.75) is 39.5 Å². The third-order valence-corrected chi connectivity index (χ3v) is 4.95. The van der Waals surface area contributed by atoms with Crippen LogP contribution in [-0.4, -0.2) is 48.7 Å². The van der Waals surface area contributed by atoms with Crippen LogP contribution in [0.4, 0.5) is 10.5 Å². The molecule has 10 nitrogen and oxygen atoms in total. The molecular weight excluding hydrogens is 432 g/mol. The second-order valence-corrected chi connectivity index (χ2v) is 8.61. The molecule has 30 heavy (non-hydrogen) atoms. The number of anilines is 1. The average Bonchev–Trinajstić information content (AvgIpc) is 3.28. The minimum atomic E-state index is -1.16. The molecule has 0 radical (unpaired) electrons. The topological polar surface area (TPSA) is 131 Å². The van der Waals surface area contributed by atoms with E-state index in [1.165, 1.54) is 16.2 Å². The summed E-state index contributed by atoms with van der Waals surface area (Å²) in [6, 6.07) is 3.36. The van der Waals surface area contributed by atoms with E-state index >= 15 is 0 Å². The molecule has 0 saturated heterocycles. The van der Waals surface area contributed by atoms with Crippen LogP contribution < -0.4 is 10.6 Å². The number of carbonyl (C=O) groups is 2. The van der Waals surface area contributed by atoms with E-state index in [2.05, 4.69) is 25.3 Å². The number of benzene rings is 1. The van der Waals surface area contributed by atoms with Gasteiger partial charge in [-0.15, -0.1) is 5.10 Å². The van der Waals surface area contributed by atoms with E-state index in [9.17, 15) is 14.7 Å². The monoisotopic (exact) mass is 452 g/mol. The summed E-state index contributed by atoms with van der Waals surface area (Å²) < 4.78 is 10.5. The van der Waals surface area contributed by atoms with Gasteiger partial charge in [0.25, 0.3) is 0 Å². The highest BCUT2D eigenvalue weighted by Crippen LogP contribution is 2.33. The maximum absolute atomic E-state index is 11.8. The van der Waals surface area contributed by atoms with Crippen LogP contribution in [0.15, 0.2) is 18.3 Å². The van der Waals surface area contributed by atoms with Crippen molar-refractivity contribution < 1.29 is 19.4 Å². The Morgan fingerprint density at radius 3 is 2.73 bits per heavy atom. The van der Waals surface area contributed by atoms with Crippen molar-refractivity contribution in [1.82, 2.24) is 24.7 Å². The summed E-state index contributed by atoms with van der Waals surface area (Å²) in [6.45, 7) is 6.18. The maximum atomic E-state index is 11.8. The quantitative estimate of drug-likeness (QED) is 0.497. The zero-order valence-corrected chi connectivity index (χ0v) is 18.2. The van der Waals surface area contributed by atoms with Crippen molar-refractivity contribution in [3.05, 3.63) is 33.9 Å². The lowest BCUT2D eigenvalue weighted by Gasteiger charge is -2.19. The van der Waals surface area contributed by atoms with Crippen LogP contribution in [0, 0.1) is 0 Å². The Hall–Kier alpha value is -2.92. The molecule has 0 bridgehead atoms. The summed E-state index contributed by atoms with van der Waals surface area (Å²) >= 11 is 7.84. The van der Waals surface area contributed by atoms with E-state index in [0.29, 0.717) is 28.2 Å². The second-order valence-electron chi connectivity index (χ2n) is 7.37. The van der Waals surface area contributed by atoms with E-state index in [4.69, 9.17) is 16.3 Å². The summed E-state index contributed by atoms with van der Waals surface area (Å²) in [5.74, 6) is -1.16.